The molecule has 0 aliphatic carbocycles. The van der Waals surface area contributed by atoms with Gasteiger partial charge in [-0.05, 0) is 37.6 Å². The van der Waals surface area contributed by atoms with Crippen LogP contribution in [0.5, 0.6) is 0 Å². The van der Waals surface area contributed by atoms with E-state index in [1.807, 2.05) is 0 Å². The second-order valence-corrected chi connectivity index (χ2v) is 5.67. The smallest absolute Gasteiger partial charge is 0.0342 e. The maximum absolute atomic E-state index is 3.54. The Balaban J connectivity index is 2.16. The summed E-state index contributed by atoms with van der Waals surface area (Å²) in [5.74, 6) is 0. The number of rotatable bonds is 8. The van der Waals surface area contributed by atoms with Crippen LogP contribution in [0.1, 0.15) is 52.4 Å². The average Bonchev–Trinajstić information content (AvgIpc) is 2.32. The molecule has 0 fully saturated rings. The fourth-order valence-electron chi connectivity index (χ4n) is 1.96. The molecule has 0 saturated carbocycles. The maximum Gasteiger partial charge on any atom is 0.0342 e. The summed E-state index contributed by atoms with van der Waals surface area (Å²) in [4.78, 5) is 0. The van der Waals surface area contributed by atoms with Gasteiger partial charge in [0.15, 0.2) is 0 Å². The van der Waals surface area contributed by atoms with Crippen LogP contribution in [0, 0.1) is 0 Å². The standard InChI is InChI=1S/C15H24BrN/c1-3-4-5-6-7-8-13(2)17-15-11-9-14(16)10-12-15/h9-13,17H,3-8H2,1-2H3. The van der Waals surface area contributed by atoms with Crippen molar-refractivity contribution in [3.05, 3.63) is 28.7 Å². The quantitative estimate of drug-likeness (QED) is 0.615. The van der Waals surface area contributed by atoms with E-state index in [9.17, 15) is 0 Å². The van der Waals surface area contributed by atoms with Crippen molar-refractivity contribution in [2.75, 3.05) is 5.32 Å². The predicted molar refractivity (Wildman–Crippen MR) is 80.6 cm³/mol. The Bertz CT molecular complexity index is 294. The molecule has 1 rings (SSSR count). The van der Waals surface area contributed by atoms with E-state index in [0.717, 1.165) is 4.47 Å². The normalized spacial score (nSPS) is 12.4. The molecule has 2 heteroatoms. The molecule has 96 valence electrons. The SMILES string of the molecule is CCCCCCCC(C)Nc1ccc(Br)cc1. The number of anilines is 1. The third-order valence-corrected chi connectivity index (χ3v) is 3.53. The number of benzene rings is 1. The Kier molecular flexibility index (Phi) is 7.34. The van der Waals surface area contributed by atoms with E-state index >= 15 is 0 Å². The highest BCUT2D eigenvalue weighted by Crippen LogP contribution is 2.16. The molecule has 1 aromatic carbocycles. The number of unbranched alkanes of at least 4 members (excludes halogenated alkanes) is 4. The first-order valence-corrected chi connectivity index (χ1v) is 7.53. The lowest BCUT2D eigenvalue weighted by Crippen LogP contribution is -2.14. The Morgan fingerprint density at radius 3 is 2.35 bits per heavy atom. The molecule has 0 aliphatic rings. The largest absolute Gasteiger partial charge is 0.383 e. The van der Waals surface area contributed by atoms with Crippen molar-refractivity contribution in [1.82, 2.24) is 0 Å². The van der Waals surface area contributed by atoms with E-state index in [1.165, 1.54) is 44.2 Å². The Labute approximate surface area is 114 Å². The van der Waals surface area contributed by atoms with Crippen LogP contribution < -0.4 is 5.32 Å². The molecule has 0 amide bonds. The van der Waals surface area contributed by atoms with Gasteiger partial charge in [0.2, 0.25) is 0 Å². The molecule has 0 bridgehead atoms. The topological polar surface area (TPSA) is 12.0 Å². The van der Waals surface area contributed by atoms with Gasteiger partial charge in [-0.1, -0.05) is 55.0 Å². The third-order valence-electron chi connectivity index (χ3n) is 3.00. The Morgan fingerprint density at radius 2 is 1.71 bits per heavy atom. The van der Waals surface area contributed by atoms with E-state index < -0.39 is 0 Å². The summed E-state index contributed by atoms with van der Waals surface area (Å²) in [6.45, 7) is 4.53. The lowest BCUT2D eigenvalue weighted by atomic mass is 10.1. The minimum absolute atomic E-state index is 0.567. The van der Waals surface area contributed by atoms with Gasteiger partial charge in [-0.25, -0.2) is 0 Å². The summed E-state index contributed by atoms with van der Waals surface area (Å²) < 4.78 is 1.13. The third kappa shape index (κ3) is 6.72. The highest BCUT2D eigenvalue weighted by Gasteiger charge is 2.01. The van der Waals surface area contributed by atoms with Gasteiger partial charge >= 0.3 is 0 Å². The van der Waals surface area contributed by atoms with Gasteiger partial charge in [0.1, 0.15) is 0 Å². The zero-order valence-corrected chi connectivity index (χ0v) is 12.6. The van der Waals surface area contributed by atoms with Gasteiger partial charge in [-0.3, -0.25) is 0 Å². The van der Waals surface area contributed by atoms with Gasteiger partial charge in [-0.2, -0.15) is 0 Å². The molecular weight excluding hydrogens is 274 g/mol. The van der Waals surface area contributed by atoms with E-state index in [-0.39, 0.29) is 0 Å². The summed E-state index contributed by atoms with van der Waals surface area (Å²) in [6.07, 6.45) is 8.08. The van der Waals surface area contributed by atoms with Crippen LogP contribution in [0.3, 0.4) is 0 Å². The van der Waals surface area contributed by atoms with Crippen molar-refractivity contribution in [1.29, 1.82) is 0 Å². The maximum atomic E-state index is 3.54. The van der Waals surface area contributed by atoms with Crippen molar-refractivity contribution in [2.45, 2.75) is 58.4 Å². The second kappa shape index (κ2) is 8.57. The molecule has 0 aliphatic heterocycles. The van der Waals surface area contributed by atoms with E-state index in [2.05, 4.69) is 59.4 Å². The zero-order chi connectivity index (χ0) is 12.5. The number of hydrogen-bond donors (Lipinski definition) is 1. The predicted octanol–water partition coefficient (Wildman–Crippen LogP) is 5.61. The van der Waals surface area contributed by atoms with Gasteiger partial charge < -0.3 is 5.32 Å². The molecule has 1 aromatic rings. The van der Waals surface area contributed by atoms with Crippen molar-refractivity contribution < 1.29 is 0 Å². The lowest BCUT2D eigenvalue weighted by Gasteiger charge is -2.15. The summed E-state index contributed by atoms with van der Waals surface area (Å²) in [5.41, 5.74) is 1.22. The van der Waals surface area contributed by atoms with Gasteiger partial charge in [0, 0.05) is 16.2 Å². The fourth-order valence-corrected chi connectivity index (χ4v) is 2.22. The molecule has 0 heterocycles. The summed E-state index contributed by atoms with van der Waals surface area (Å²) in [7, 11) is 0. The van der Waals surface area contributed by atoms with Crippen LogP contribution in [0.4, 0.5) is 5.69 Å². The Morgan fingerprint density at radius 1 is 1.06 bits per heavy atom. The Hall–Kier alpha value is -0.500. The first-order valence-electron chi connectivity index (χ1n) is 6.74. The van der Waals surface area contributed by atoms with Crippen molar-refractivity contribution in [3.8, 4) is 0 Å². The molecule has 0 radical (unpaired) electrons. The number of hydrogen-bond acceptors (Lipinski definition) is 1. The number of nitrogens with one attached hydrogen (secondary N) is 1. The molecule has 0 aromatic heterocycles. The highest BCUT2D eigenvalue weighted by atomic mass is 79.9. The fraction of sp³-hybridized carbons (Fsp3) is 0.600. The van der Waals surface area contributed by atoms with Crippen LogP contribution in [0.2, 0.25) is 0 Å². The molecule has 17 heavy (non-hydrogen) atoms. The molecule has 1 atom stereocenters. The van der Waals surface area contributed by atoms with E-state index in [0.29, 0.717) is 6.04 Å². The molecular formula is C15H24BrN. The first kappa shape index (κ1) is 14.6. The molecule has 0 saturated heterocycles. The van der Waals surface area contributed by atoms with Crippen LogP contribution in [-0.4, -0.2) is 6.04 Å². The minimum Gasteiger partial charge on any atom is -0.383 e. The molecule has 1 unspecified atom stereocenters. The monoisotopic (exact) mass is 297 g/mol. The average molecular weight is 298 g/mol. The lowest BCUT2D eigenvalue weighted by molar-refractivity contribution is 0.578. The summed E-state index contributed by atoms with van der Waals surface area (Å²) in [5, 5.41) is 3.54. The van der Waals surface area contributed by atoms with E-state index in [1.54, 1.807) is 0 Å². The zero-order valence-electron chi connectivity index (χ0n) is 11.0. The van der Waals surface area contributed by atoms with Gasteiger partial charge in [0.05, 0.1) is 0 Å². The second-order valence-electron chi connectivity index (χ2n) is 4.76. The minimum atomic E-state index is 0.567. The number of halogens is 1. The van der Waals surface area contributed by atoms with E-state index in [4.69, 9.17) is 0 Å². The first-order chi connectivity index (χ1) is 8.22. The summed E-state index contributed by atoms with van der Waals surface area (Å²) in [6, 6.07) is 8.97. The van der Waals surface area contributed by atoms with Gasteiger partial charge in [-0.15, -0.1) is 0 Å². The molecule has 0 spiro atoms. The van der Waals surface area contributed by atoms with Crippen LogP contribution in [-0.2, 0) is 0 Å². The van der Waals surface area contributed by atoms with Crippen molar-refractivity contribution in [2.24, 2.45) is 0 Å². The van der Waals surface area contributed by atoms with Crippen LogP contribution >= 0.6 is 15.9 Å². The molecule has 1 nitrogen and oxygen atoms in total. The van der Waals surface area contributed by atoms with Crippen molar-refractivity contribution in [3.63, 3.8) is 0 Å². The molecule has 1 N–H and O–H groups in total. The highest BCUT2D eigenvalue weighted by molar-refractivity contribution is 9.10. The summed E-state index contributed by atoms with van der Waals surface area (Å²) >= 11 is 3.45. The van der Waals surface area contributed by atoms with Crippen molar-refractivity contribution >= 4 is 21.6 Å². The van der Waals surface area contributed by atoms with Gasteiger partial charge in [0.25, 0.3) is 0 Å². The van der Waals surface area contributed by atoms with Crippen LogP contribution in [0.25, 0.3) is 0 Å². The van der Waals surface area contributed by atoms with Crippen LogP contribution in [0.15, 0.2) is 28.7 Å².